The Labute approximate surface area is 108 Å². The van der Waals surface area contributed by atoms with Crippen molar-refractivity contribution in [3.05, 3.63) is 0 Å². The molecule has 2 aliphatic heterocycles. The average Bonchev–Trinajstić information content (AvgIpc) is 3.01. The van der Waals surface area contributed by atoms with Gasteiger partial charge in [-0.1, -0.05) is 12.8 Å². The lowest BCUT2D eigenvalue weighted by Gasteiger charge is -2.38. The van der Waals surface area contributed by atoms with E-state index in [2.05, 4.69) is 0 Å². The summed E-state index contributed by atoms with van der Waals surface area (Å²) in [5, 5.41) is -0.172. The van der Waals surface area contributed by atoms with E-state index in [-0.39, 0.29) is 5.25 Å². The van der Waals surface area contributed by atoms with Crippen LogP contribution >= 0.6 is 0 Å². The zero-order chi connectivity index (χ0) is 12.6. The molecule has 3 rings (SSSR count). The third-order valence-electron chi connectivity index (χ3n) is 4.28. The predicted molar refractivity (Wildman–Crippen MR) is 66.6 cm³/mol. The first-order valence-corrected chi connectivity index (χ1v) is 8.40. The van der Waals surface area contributed by atoms with Crippen LogP contribution in [0.15, 0.2) is 0 Å². The maximum Gasteiger partial charge on any atom is 0.217 e. The molecular weight excluding hydrogens is 254 g/mol. The SMILES string of the molecule is O=S(=O)(C1CCCC1)N1CCCC2(C1)OCCO2. The van der Waals surface area contributed by atoms with Gasteiger partial charge in [0.05, 0.1) is 25.0 Å². The van der Waals surface area contributed by atoms with Crippen LogP contribution in [0, 0.1) is 0 Å². The van der Waals surface area contributed by atoms with Crippen molar-refractivity contribution < 1.29 is 17.9 Å². The molecule has 2 saturated heterocycles. The molecule has 0 aromatic rings. The highest BCUT2D eigenvalue weighted by molar-refractivity contribution is 7.89. The highest BCUT2D eigenvalue weighted by Gasteiger charge is 2.45. The van der Waals surface area contributed by atoms with Gasteiger partial charge in [0.1, 0.15) is 0 Å². The highest BCUT2D eigenvalue weighted by atomic mass is 32.2. The predicted octanol–water partition coefficient (Wildman–Crippen LogP) is 1.10. The number of ether oxygens (including phenoxy) is 2. The number of rotatable bonds is 2. The van der Waals surface area contributed by atoms with Crippen molar-refractivity contribution in [1.82, 2.24) is 4.31 Å². The van der Waals surface area contributed by atoms with Gasteiger partial charge in [0, 0.05) is 13.0 Å². The summed E-state index contributed by atoms with van der Waals surface area (Å²) in [5.41, 5.74) is 0. The Balaban J connectivity index is 1.75. The molecular formula is C12H21NO4S. The normalized spacial score (nSPS) is 30.2. The summed E-state index contributed by atoms with van der Waals surface area (Å²) in [6, 6.07) is 0. The number of sulfonamides is 1. The Morgan fingerprint density at radius 1 is 1.06 bits per heavy atom. The van der Waals surface area contributed by atoms with Crippen molar-refractivity contribution in [1.29, 1.82) is 0 Å². The zero-order valence-electron chi connectivity index (χ0n) is 10.6. The molecule has 0 aromatic carbocycles. The Morgan fingerprint density at radius 3 is 2.39 bits per heavy atom. The van der Waals surface area contributed by atoms with E-state index in [4.69, 9.17) is 9.47 Å². The zero-order valence-corrected chi connectivity index (χ0v) is 11.5. The molecule has 0 bridgehead atoms. The van der Waals surface area contributed by atoms with Crippen LogP contribution in [0.5, 0.6) is 0 Å². The summed E-state index contributed by atoms with van der Waals surface area (Å²) in [4.78, 5) is 0. The van der Waals surface area contributed by atoms with Crippen molar-refractivity contribution in [2.75, 3.05) is 26.3 Å². The third kappa shape index (κ3) is 2.19. The first-order chi connectivity index (χ1) is 8.62. The second-order valence-electron chi connectivity index (χ2n) is 5.50. The lowest BCUT2D eigenvalue weighted by molar-refractivity contribution is -0.179. The van der Waals surface area contributed by atoms with Crippen molar-refractivity contribution in [2.45, 2.75) is 49.6 Å². The first kappa shape index (κ1) is 12.8. The van der Waals surface area contributed by atoms with Gasteiger partial charge in [-0.05, 0) is 19.3 Å². The van der Waals surface area contributed by atoms with Crippen LogP contribution in [0.4, 0.5) is 0 Å². The van der Waals surface area contributed by atoms with E-state index in [9.17, 15) is 8.42 Å². The van der Waals surface area contributed by atoms with Crippen LogP contribution < -0.4 is 0 Å². The molecule has 0 radical (unpaired) electrons. The van der Waals surface area contributed by atoms with Crippen LogP contribution in [0.3, 0.4) is 0 Å². The fourth-order valence-corrected chi connectivity index (χ4v) is 5.41. The van der Waals surface area contributed by atoms with Crippen LogP contribution in [0.2, 0.25) is 0 Å². The minimum Gasteiger partial charge on any atom is -0.346 e. The van der Waals surface area contributed by atoms with Crippen molar-refractivity contribution in [3.63, 3.8) is 0 Å². The maximum absolute atomic E-state index is 12.5. The lowest BCUT2D eigenvalue weighted by atomic mass is 10.1. The molecule has 6 heteroatoms. The molecule has 3 fully saturated rings. The van der Waals surface area contributed by atoms with Gasteiger partial charge in [-0.3, -0.25) is 0 Å². The van der Waals surface area contributed by atoms with Gasteiger partial charge in [-0.2, -0.15) is 4.31 Å². The van der Waals surface area contributed by atoms with E-state index in [1.807, 2.05) is 0 Å². The molecule has 2 heterocycles. The van der Waals surface area contributed by atoms with Crippen LogP contribution in [-0.4, -0.2) is 50.1 Å². The van der Waals surface area contributed by atoms with Gasteiger partial charge in [-0.25, -0.2) is 8.42 Å². The minimum absolute atomic E-state index is 0.172. The van der Waals surface area contributed by atoms with Gasteiger partial charge in [0.15, 0.2) is 5.79 Å². The van der Waals surface area contributed by atoms with Crippen LogP contribution in [0.25, 0.3) is 0 Å². The van der Waals surface area contributed by atoms with Crippen molar-refractivity contribution in [3.8, 4) is 0 Å². The van der Waals surface area contributed by atoms with E-state index in [0.717, 1.165) is 38.5 Å². The summed E-state index contributed by atoms with van der Waals surface area (Å²) < 4.78 is 38.0. The standard InChI is InChI=1S/C12H21NO4S/c14-18(15,11-4-1-2-5-11)13-7-3-6-12(10-13)16-8-9-17-12/h11H,1-10H2. The molecule has 0 N–H and O–H groups in total. The molecule has 104 valence electrons. The number of hydrogen-bond acceptors (Lipinski definition) is 4. The number of nitrogens with zero attached hydrogens (tertiary/aromatic N) is 1. The largest absolute Gasteiger partial charge is 0.346 e. The van der Waals surface area contributed by atoms with Crippen molar-refractivity contribution in [2.24, 2.45) is 0 Å². The van der Waals surface area contributed by atoms with E-state index < -0.39 is 15.8 Å². The Bertz CT molecular complexity index is 396. The molecule has 5 nitrogen and oxygen atoms in total. The second-order valence-corrected chi connectivity index (χ2v) is 7.71. The van der Waals surface area contributed by atoms with E-state index in [1.54, 1.807) is 4.31 Å². The van der Waals surface area contributed by atoms with Gasteiger partial charge < -0.3 is 9.47 Å². The average molecular weight is 275 g/mol. The van der Waals surface area contributed by atoms with Gasteiger partial charge in [0.2, 0.25) is 10.0 Å². The molecule has 0 aromatic heterocycles. The quantitative estimate of drug-likeness (QED) is 0.757. The second kappa shape index (κ2) is 4.74. The van der Waals surface area contributed by atoms with E-state index in [0.29, 0.717) is 26.3 Å². The third-order valence-corrected chi connectivity index (χ3v) is 6.62. The van der Waals surface area contributed by atoms with Crippen molar-refractivity contribution >= 4 is 10.0 Å². The van der Waals surface area contributed by atoms with E-state index >= 15 is 0 Å². The fraction of sp³-hybridized carbons (Fsp3) is 1.00. The monoisotopic (exact) mass is 275 g/mol. The van der Waals surface area contributed by atoms with Crippen LogP contribution in [0.1, 0.15) is 38.5 Å². The Morgan fingerprint density at radius 2 is 1.72 bits per heavy atom. The van der Waals surface area contributed by atoms with Gasteiger partial charge in [0.25, 0.3) is 0 Å². The minimum atomic E-state index is -3.15. The fourth-order valence-electron chi connectivity index (χ4n) is 3.30. The first-order valence-electron chi connectivity index (χ1n) is 6.89. The number of piperidine rings is 1. The van der Waals surface area contributed by atoms with Gasteiger partial charge in [-0.15, -0.1) is 0 Å². The smallest absolute Gasteiger partial charge is 0.217 e. The maximum atomic E-state index is 12.5. The molecule has 18 heavy (non-hydrogen) atoms. The molecule has 3 aliphatic rings. The summed E-state index contributed by atoms with van der Waals surface area (Å²) in [7, 11) is -3.15. The van der Waals surface area contributed by atoms with Crippen LogP contribution in [-0.2, 0) is 19.5 Å². The summed E-state index contributed by atoms with van der Waals surface area (Å²) >= 11 is 0. The summed E-state index contributed by atoms with van der Waals surface area (Å²) in [6.07, 6.45) is 5.34. The number of hydrogen-bond donors (Lipinski definition) is 0. The highest BCUT2D eigenvalue weighted by Crippen LogP contribution is 2.34. The molecule has 0 unspecified atom stereocenters. The molecule has 1 aliphatic carbocycles. The lowest BCUT2D eigenvalue weighted by Crippen LogP contribution is -2.52. The van der Waals surface area contributed by atoms with E-state index in [1.165, 1.54) is 0 Å². The molecule has 0 amide bonds. The Hall–Kier alpha value is -0.170. The Kier molecular flexibility index (Phi) is 3.38. The summed E-state index contributed by atoms with van der Waals surface area (Å²) in [6.45, 7) is 2.16. The molecule has 0 atom stereocenters. The molecule has 1 spiro atoms. The van der Waals surface area contributed by atoms with Gasteiger partial charge >= 0.3 is 0 Å². The summed E-state index contributed by atoms with van der Waals surface area (Å²) in [5.74, 6) is -0.649. The topological polar surface area (TPSA) is 55.8 Å². The molecule has 1 saturated carbocycles.